The smallest absolute Gasteiger partial charge is 0.0911 e. The van der Waals surface area contributed by atoms with Gasteiger partial charge in [0.2, 0.25) is 0 Å². The highest BCUT2D eigenvalue weighted by atomic mass is 16.5. The molecule has 1 fully saturated rings. The Bertz CT molecular complexity index is 655. The van der Waals surface area contributed by atoms with Crippen LogP contribution in [0.3, 0.4) is 0 Å². The normalized spacial score (nSPS) is 21.7. The van der Waals surface area contributed by atoms with Gasteiger partial charge in [0.25, 0.3) is 0 Å². The SMILES string of the molecule is COCCn1cc(CNC[C@@H]2OCCN(C)[C@H]2c2ccnn2C)cn1. The fourth-order valence-electron chi connectivity index (χ4n) is 3.29. The average molecular weight is 348 g/mol. The molecule has 3 rings (SSSR count). The van der Waals surface area contributed by atoms with Gasteiger partial charge in [-0.2, -0.15) is 10.2 Å². The van der Waals surface area contributed by atoms with Crippen molar-refractivity contribution in [2.24, 2.45) is 7.05 Å². The molecule has 1 saturated heterocycles. The molecule has 0 aromatic carbocycles. The number of hydrogen-bond acceptors (Lipinski definition) is 6. The van der Waals surface area contributed by atoms with Crippen LogP contribution in [0, 0.1) is 0 Å². The molecule has 0 unspecified atom stereocenters. The zero-order chi connectivity index (χ0) is 17.6. The summed E-state index contributed by atoms with van der Waals surface area (Å²) in [5.41, 5.74) is 2.35. The van der Waals surface area contributed by atoms with Crippen LogP contribution in [0.15, 0.2) is 24.7 Å². The van der Waals surface area contributed by atoms with Gasteiger partial charge in [-0.25, -0.2) is 0 Å². The lowest BCUT2D eigenvalue weighted by Gasteiger charge is -2.39. The van der Waals surface area contributed by atoms with Crippen LogP contribution in [0.2, 0.25) is 0 Å². The van der Waals surface area contributed by atoms with Crippen molar-refractivity contribution < 1.29 is 9.47 Å². The van der Waals surface area contributed by atoms with Crippen molar-refractivity contribution in [3.05, 3.63) is 35.9 Å². The van der Waals surface area contributed by atoms with Crippen molar-refractivity contribution in [1.82, 2.24) is 29.8 Å². The zero-order valence-corrected chi connectivity index (χ0v) is 15.3. The van der Waals surface area contributed by atoms with Gasteiger partial charge in [0.05, 0.1) is 43.8 Å². The molecular formula is C17H28N6O2. The largest absolute Gasteiger partial charge is 0.383 e. The van der Waals surface area contributed by atoms with Gasteiger partial charge in [-0.1, -0.05) is 0 Å². The molecule has 0 radical (unpaired) electrons. The summed E-state index contributed by atoms with van der Waals surface area (Å²) in [4.78, 5) is 2.34. The molecule has 3 heterocycles. The molecule has 2 aromatic heterocycles. The topological polar surface area (TPSA) is 69.4 Å². The number of likely N-dealkylation sites (N-methyl/N-ethyl adjacent to an activating group) is 1. The van der Waals surface area contributed by atoms with Gasteiger partial charge in [-0.15, -0.1) is 0 Å². The van der Waals surface area contributed by atoms with Gasteiger partial charge in [0.1, 0.15) is 0 Å². The maximum Gasteiger partial charge on any atom is 0.0911 e. The summed E-state index contributed by atoms with van der Waals surface area (Å²) >= 11 is 0. The summed E-state index contributed by atoms with van der Waals surface area (Å²) in [7, 11) is 5.83. The lowest BCUT2D eigenvalue weighted by atomic mass is 10.0. The standard InChI is InChI=1S/C17H28N6O2/c1-21-6-9-25-16(17(21)15-4-5-19-22(15)2)12-18-10-14-11-20-23(13-14)7-8-24-3/h4-5,11,13,16-18H,6-10,12H2,1-3H3/t16-,17-/m0/s1. The molecule has 1 aliphatic rings. The van der Waals surface area contributed by atoms with Crippen molar-refractivity contribution in [2.45, 2.75) is 25.2 Å². The first-order valence-corrected chi connectivity index (χ1v) is 8.69. The van der Waals surface area contributed by atoms with Gasteiger partial charge in [0, 0.05) is 51.7 Å². The molecule has 0 amide bonds. The Hall–Kier alpha value is -1.74. The summed E-state index contributed by atoms with van der Waals surface area (Å²) in [5.74, 6) is 0. The highest BCUT2D eigenvalue weighted by Gasteiger charge is 2.33. The maximum absolute atomic E-state index is 6.05. The van der Waals surface area contributed by atoms with Crippen LogP contribution in [0.25, 0.3) is 0 Å². The molecule has 0 saturated carbocycles. The first-order valence-electron chi connectivity index (χ1n) is 8.69. The van der Waals surface area contributed by atoms with E-state index in [-0.39, 0.29) is 12.1 Å². The Kier molecular flexibility index (Phi) is 6.19. The molecule has 1 N–H and O–H groups in total. The number of ether oxygens (including phenoxy) is 2. The number of rotatable bonds is 8. The Labute approximate surface area is 148 Å². The van der Waals surface area contributed by atoms with Crippen LogP contribution < -0.4 is 5.32 Å². The van der Waals surface area contributed by atoms with Crippen LogP contribution in [0.1, 0.15) is 17.3 Å². The average Bonchev–Trinajstić information content (AvgIpc) is 3.22. The second-order valence-electron chi connectivity index (χ2n) is 6.45. The highest BCUT2D eigenvalue weighted by Crippen LogP contribution is 2.27. The van der Waals surface area contributed by atoms with Crippen molar-refractivity contribution in [1.29, 1.82) is 0 Å². The Morgan fingerprint density at radius 3 is 3.00 bits per heavy atom. The number of nitrogens with one attached hydrogen (secondary N) is 1. The van der Waals surface area contributed by atoms with E-state index in [2.05, 4.69) is 39.7 Å². The van der Waals surface area contributed by atoms with Crippen molar-refractivity contribution in [3.8, 4) is 0 Å². The monoisotopic (exact) mass is 348 g/mol. The maximum atomic E-state index is 6.05. The lowest BCUT2D eigenvalue weighted by molar-refractivity contribution is -0.0638. The molecule has 8 heteroatoms. The number of hydrogen-bond donors (Lipinski definition) is 1. The van der Waals surface area contributed by atoms with E-state index in [0.29, 0.717) is 6.61 Å². The minimum absolute atomic E-state index is 0.0951. The van der Waals surface area contributed by atoms with Crippen LogP contribution >= 0.6 is 0 Å². The molecule has 2 aromatic rings. The van der Waals surface area contributed by atoms with E-state index in [9.17, 15) is 0 Å². The predicted molar refractivity (Wildman–Crippen MR) is 94.1 cm³/mol. The van der Waals surface area contributed by atoms with E-state index in [1.807, 2.05) is 28.8 Å². The molecule has 25 heavy (non-hydrogen) atoms. The predicted octanol–water partition coefficient (Wildman–Crippen LogP) is 0.425. The number of nitrogens with zero attached hydrogens (tertiary/aromatic N) is 5. The molecule has 8 nitrogen and oxygen atoms in total. The molecule has 138 valence electrons. The minimum atomic E-state index is 0.0951. The fraction of sp³-hybridized carbons (Fsp3) is 0.647. The van der Waals surface area contributed by atoms with Crippen LogP contribution in [-0.4, -0.2) is 71.0 Å². The van der Waals surface area contributed by atoms with Crippen molar-refractivity contribution >= 4 is 0 Å². The zero-order valence-electron chi connectivity index (χ0n) is 15.3. The fourth-order valence-corrected chi connectivity index (χ4v) is 3.29. The van der Waals surface area contributed by atoms with Crippen LogP contribution in [0.5, 0.6) is 0 Å². The van der Waals surface area contributed by atoms with E-state index in [4.69, 9.17) is 9.47 Å². The van der Waals surface area contributed by atoms with Crippen molar-refractivity contribution in [2.75, 3.05) is 40.5 Å². The summed E-state index contributed by atoms with van der Waals surface area (Å²) in [5, 5.41) is 12.2. The van der Waals surface area contributed by atoms with E-state index in [1.165, 1.54) is 5.69 Å². The van der Waals surface area contributed by atoms with Gasteiger partial charge in [-0.3, -0.25) is 14.3 Å². The van der Waals surface area contributed by atoms with Gasteiger partial charge < -0.3 is 14.8 Å². The van der Waals surface area contributed by atoms with Crippen molar-refractivity contribution in [3.63, 3.8) is 0 Å². The van der Waals surface area contributed by atoms with Gasteiger partial charge in [-0.05, 0) is 13.1 Å². The second kappa shape index (κ2) is 8.57. The number of aromatic nitrogens is 4. The first kappa shape index (κ1) is 18.1. The molecule has 0 bridgehead atoms. The number of methoxy groups -OCH3 is 1. The van der Waals surface area contributed by atoms with Crippen LogP contribution in [-0.2, 0) is 29.6 Å². The molecule has 2 atom stereocenters. The third-order valence-corrected chi connectivity index (χ3v) is 4.65. The Morgan fingerprint density at radius 1 is 1.36 bits per heavy atom. The summed E-state index contributed by atoms with van der Waals surface area (Å²) < 4.78 is 15.0. The molecule has 0 aliphatic carbocycles. The number of aryl methyl sites for hydroxylation is 1. The van der Waals surface area contributed by atoms with Crippen LogP contribution in [0.4, 0.5) is 0 Å². The first-order chi connectivity index (χ1) is 12.2. The molecule has 0 spiro atoms. The van der Waals surface area contributed by atoms with Gasteiger partial charge in [0.15, 0.2) is 0 Å². The van der Waals surface area contributed by atoms with E-state index >= 15 is 0 Å². The summed E-state index contributed by atoms with van der Waals surface area (Å²) in [6.45, 7) is 4.68. The minimum Gasteiger partial charge on any atom is -0.383 e. The molecule has 1 aliphatic heterocycles. The summed E-state index contributed by atoms with van der Waals surface area (Å²) in [6.07, 6.45) is 5.89. The van der Waals surface area contributed by atoms with E-state index < -0.39 is 0 Å². The second-order valence-corrected chi connectivity index (χ2v) is 6.45. The van der Waals surface area contributed by atoms with Gasteiger partial charge >= 0.3 is 0 Å². The summed E-state index contributed by atoms with van der Waals surface area (Å²) in [6, 6.07) is 2.28. The lowest BCUT2D eigenvalue weighted by Crippen LogP contribution is -2.48. The third-order valence-electron chi connectivity index (χ3n) is 4.65. The Morgan fingerprint density at radius 2 is 2.24 bits per heavy atom. The van der Waals surface area contributed by atoms with E-state index in [1.54, 1.807) is 7.11 Å². The number of morpholine rings is 1. The third kappa shape index (κ3) is 4.46. The highest BCUT2D eigenvalue weighted by molar-refractivity contribution is 5.11. The Balaban J connectivity index is 1.55. The van der Waals surface area contributed by atoms with E-state index in [0.717, 1.165) is 38.3 Å². The molecular weight excluding hydrogens is 320 g/mol. The quantitative estimate of drug-likeness (QED) is 0.746.